The molecule has 1 aromatic rings. The van der Waals surface area contributed by atoms with Crippen molar-refractivity contribution < 1.29 is 0 Å². The summed E-state index contributed by atoms with van der Waals surface area (Å²) in [4.78, 5) is 4.99. The molecule has 20 heavy (non-hydrogen) atoms. The molecule has 3 nitrogen and oxygen atoms in total. The van der Waals surface area contributed by atoms with Crippen molar-refractivity contribution in [1.29, 1.82) is 0 Å². The maximum Gasteiger partial charge on any atom is 0.0471 e. The maximum absolute atomic E-state index is 6.43. The van der Waals surface area contributed by atoms with Crippen molar-refractivity contribution in [3.63, 3.8) is 0 Å². The number of nitrogens with one attached hydrogen (secondary N) is 1. The van der Waals surface area contributed by atoms with E-state index >= 15 is 0 Å². The quantitative estimate of drug-likeness (QED) is 0.900. The van der Waals surface area contributed by atoms with E-state index in [0.717, 1.165) is 50.3 Å². The fourth-order valence-corrected chi connectivity index (χ4v) is 3.09. The molecule has 1 aliphatic carbocycles. The molecule has 1 saturated carbocycles. The van der Waals surface area contributed by atoms with Crippen LogP contribution in [0.1, 0.15) is 25.3 Å². The second kappa shape index (κ2) is 6.33. The fourth-order valence-electron chi connectivity index (χ4n) is 2.86. The number of likely N-dealkylation sites (N-methyl/N-ethyl adjacent to an activating group) is 1. The molecule has 0 aromatic heterocycles. The highest BCUT2D eigenvalue weighted by molar-refractivity contribution is 6.31. The van der Waals surface area contributed by atoms with E-state index in [4.69, 9.17) is 11.6 Å². The van der Waals surface area contributed by atoms with Gasteiger partial charge < -0.3 is 15.1 Å². The monoisotopic (exact) mass is 293 g/mol. The number of hydrogen-bond donors (Lipinski definition) is 1. The Morgan fingerprint density at radius 1 is 1.20 bits per heavy atom. The van der Waals surface area contributed by atoms with Crippen LogP contribution in [0.15, 0.2) is 18.2 Å². The first-order valence-electron chi connectivity index (χ1n) is 7.76. The van der Waals surface area contributed by atoms with Gasteiger partial charge >= 0.3 is 0 Å². The van der Waals surface area contributed by atoms with Crippen molar-refractivity contribution in [1.82, 2.24) is 10.2 Å². The Labute approximate surface area is 126 Å². The van der Waals surface area contributed by atoms with Crippen molar-refractivity contribution in [2.75, 3.05) is 37.6 Å². The molecule has 0 atom stereocenters. The molecular weight excluding hydrogens is 270 g/mol. The first kappa shape index (κ1) is 14.2. The third-order valence-electron chi connectivity index (χ3n) is 4.40. The van der Waals surface area contributed by atoms with Crippen molar-refractivity contribution in [3.05, 3.63) is 28.8 Å². The number of benzene rings is 1. The fraction of sp³-hybridized carbons (Fsp3) is 0.625. The Balaban J connectivity index is 1.72. The normalized spacial score (nSPS) is 20.4. The highest BCUT2D eigenvalue weighted by atomic mass is 35.5. The van der Waals surface area contributed by atoms with Gasteiger partial charge in [-0.3, -0.25) is 0 Å². The molecule has 4 heteroatoms. The number of anilines is 1. The van der Waals surface area contributed by atoms with Gasteiger partial charge in [-0.05, 0) is 31.5 Å². The lowest BCUT2D eigenvalue weighted by atomic mass is 10.1. The van der Waals surface area contributed by atoms with E-state index < -0.39 is 0 Å². The van der Waals surface area contributed by atoms with Crippen LogP contribution in [0.5, 0.6) is 0 Å². The average molecular weight is 294 g/mol. The Hall–Kier alpha value is -0.770. The van der Waals surface area contributed by atoms with Crippen LogP contribution in [-0.4, -0.2) is 43.7 Å². The van der Waals surface area contributed by atoms with Gasteiger partial charge in [0.25, 0.3) is 0 Å². The molecule has 0 bridgehead atoms. The molecular formula is C16H24ClN3. The highest BCUT2D eigenvalue weighted by Gasteiger charge is 2.23. The molecule has 1 aliphatic heterocycles. The minimum atomic E-state index is 0.719. The Bertz CT molecular complexity index is 451. The van der Waals surface area contributed by atoms with Crippen LogP contribution < -0.4 is 10.2 Å². The summed E-state index contributed by atoms with van der Waals surface area (Å²) in [5, 5.41) is 4.49. The number of rotatable bonds is 5. The lowest BCUT2D eigenvalue weighted by Crippen LogP contribution is -2.46. The molecule has 110 valence electrons. The summed E-state index contributed by atoms with van der Waals surface area (Å²) in [5.74, 6) is 0. The first-order valence-corrected chi connectivity index (χ1v) is 8.14. The number of piperazine rings is 1. The van der Waals surface area contributed by atoms with Crippen LogP contribution in [0.4, 0.5) is 5.69 Å². The third-order valence-corrected chi connectivity index (χ3v) is 4.75. The second-order valence-corrected chi connectivity index (χ2v) is 6.22. The Kier molecular flexibility index (Phi) is 4.49. The average Bonchev–Trinajstić information content (AvgIpc) is 3.30. The SMILES string of the molecule is CCN1CCN(c2cccc(Cl)c2CNC2CC2)CC1. The van der Waals surface area contributed by atoms with Gasteiger partial charge in [0.1, 0.15) is 0 Å². The van der Waals surface area contributed by atoms with Gasteiger partial charge in [0.15, 0.2) is 0 Å². The summed E-state index contributed by atoms with van der Waals surface area (Å²) in [6.45, 7) is 8.79. The summed E-state index contributed by atoms with van der Waals surface area (Å²) >= 11 is 6.43. The summed E-state index contributed by atoms with van der Waals surface area (Å²) in [7, 11) is 0. The van der Waals surface area contributed by atoms with Crippen LogP contribution in [0.25, 0.3) is 0 Å². The number of halogens is 1. The van der Waals surface area contributed by atoms with E-state index in [2.05, 4.69) is 34.2 Å². The van der Waals surface area contributed by atoms with E-state index in [0.29, 0.717) is 0 Å². The topological polar surface area (TPSA) is 18.5 Å². The molecule has 0 amide bonds. The second-order valence-electron chi connectivity index (χ2n) is 5.81. The standard InChI is InChI=1S/C16H24ClN3/c1-2-19-8-10-20(11-9-19)16-5-3-4-15(17)14(16)12-18-13-6-7-13/h3-5,13,18H,2,6-12H2,1H3. The molecule has 1 aromatic carbocycles. The molecule has 2 aliphatic rings. The van der Waals surface area contributed by atoms with Gasteiger partial charge in [0, 0.05) is 55.0 Å². The molecule has 1 saturated heterocycles. The molecule has 1 heterocycles. The van der Waals surface area contributed by atoms with E-state index in [9.17, 15) is 0 Å². The predicted octanol–water partition coefficient (Wildman–Crippen LogP) is 2.73. The zero-order valence-corrected chi connectivity index (χ0v) is 13.0. The first-order chi connectivity index (χ1) is 9.78. The van der Waals surface area contributed by atoms with Crippen LogP contribution in [0.3, 0.4) is 0 Å². The van der Waals surface area contributed by atoms with Gasteiger partial charge in [-0.2, -0.15) is 0 Å². The molecule has 0 unspecified atom stereocenters. The predicted molar refractivity (Wildman–Crippen MR) is 85.6 cm³/mol. The van der Waals surface area contributed by atoms with Crippen molar-refractivity contribution in [2.45, 2.75) is 32.4 Å². The zero-order chi connectivity index (χ0) is 13.9. The number of nitrogens with zero attached hydrogens (tertiary/aromatic N) is 2. The van der Waals surface area contributed by atoms with Gasteiger partial charge in [-0.25, -0.2) is 0 Å². The van der Waals surface area contributed by atoms with E-state index in [1.54, 1.807) is 0 Å². The molecule has 2 fully saturated rings. The van der Waals surface area contributed by atoms with Crippen molar-refractivity contribution in [2.24, 2.45) is 0 Å². The molecule has 3 rings (SSSR count). The maximum atomic E-state index is 6.43. The lowest BCUT2D eigenvalue weighted by Gasteiger charge is -2.36. The lowest BCUT2D eigenvalue weighted by molar-refractivity contribution is 0.271. The van der Waals surface area contributed by atoms with Gasteiger partial charge in [0.2, 0.25) is 0 Å². The zero-order valence-electron chi connectivity index (χ0n) is 12.2. The third kappa shape index (κ3) is 3.27. The van der Waals surface area contributed by atoms with Crippen LogP contribution in [0, 0.1) is 0 Å². The Morgan fingerprint density at radius 2 is 1.95 bits per heavy atom. The number of hydrogen-bond acceptors (Lipinski definition) is 3. The van der Waals surface area contributed by atoms with Crippen LogP contribution in [0.2, 0.25) is 5.02 Å². The summed E-state index contributed by atoms with van der Waals surface area (Å²) in [5.41, 5.74) is 2.59. The molecule has 0 radical (unpaired) electrons. The van der Waals surface area contributed by atoms with Gasteiger partial charge in [0.05, 0.1) is 0 Å². The largest absolute Gasteiger partial charge is 0.369 e. The van der Waals surface area contributed by atoms with Crippen molar-refractivity contribution >= 4 is 17.3 Å². The minimum absolute atomic E-state index is 0.719. The summed E-state index contributed by atoms with van der Waals surface area (Å²) < 4.78 is 0. The summed E-state index contributed by atoms with van der Waals surface area (Å²) in [6, 6.07) is 7.02. The Morgan fingerprint density at radius 3 is 2.60 bits per heavy atom. The van der Waals surface area contributed by atoms with E-state index in [1.165, 1.54) is 24.1 Å². The minimum Gasteiger partial charge on any atom is -0.369 e. The van der Waals surface area contributed by atoms with Crippen LogP contribution in [-0.2, 0) is 6.54 Å². The molecule has 1 N–H and O–H groups in total. The van der Waals surface area contributed by atoms with Crippen LogP contribution >= 0.6 is 11.6 Å². The molecule has 0 spiro atoms. The van der Waals surface area contributed by atoms with Gasteiger partial charge in [-0.15, -0.1) is 0 Å². The van der Waals surface area contributed by atoms with E-state index in [-0.39, 0.29) is 0 Å². The van der Waals surface area contributed by atoms with Crippen molar-refractivity contribution in [3.8, 4) is 0 Å². The highest BCUT2D eigenvalue weighted by Crippen LogP contribution is 2.29. The van der Waals surface area contributed by atoms with E-state index in [1.807, 2.05) is 6.07 Å². The van der Waals surface area contributed by atoms with Gasteiger partial charge in [-0.1, -0.05) is 24.6 Å². The smallest absolute Gasteiger partial charge is 0.0471 e. The summed E-state index contributed by atoms with van der Waals surface area (Å²) in [6.07, 6.45) is 2.63.